The van der Waals surface area contributed by atoms with E-state index in [0.29, 0.717) is 5.69 Å². The van der Waals surface area contributed by atoms with Gasteiger partial charge < -0.3 is 21.5 Å². The van der Waals surface area contributed by atoms with Crippen LogP contribution in [0.3, 0.4) is 0 Å². The van der Waals surface area contributed by atoms with Gasteiger partial charge in [0.2, 0.25) is 5.91 Å². The maximum atomic E-state index is 11.4. The molecule has 0 heterocycles. The van der Waals surface area contributed by atoms with E-state index in [1.54, 1.807) is 0 Å². The molecule has 0 aliphatic heterocycles. The largest absolute Gasteiger partial charge is 0.478 e. The Bertz CT molecular complexity index is 470. The number of primary amides is 1. The van der Waals surface area contributed by atoms with Crippen LogP contribution in [0.4, 0.5) is 10.5 Å². The van der Waals surface area contributed by atoms with Crippen molar-refractivity contribution in [3.8, 4) is 0 Å². The summed E-state index contributed by atoms with van der Waals surface area (Å²) >= 11 is 0. The summed E-state index contributed by atoms with van der Waals surface area (Å²) in [6.45, 7) is 1.45. The van der Waals surface area contributed by atoms with E-state index in [1.807, 2.05) is 0 Å². The molecule has 7 heteroatoms. The summed E-state index contributed by atoms with van der Waals surface area (Å²) in [5.41, 5.74) is 5.51. The number of carbonyl (C=O) groups excluding carboxylic acids is 2. The van der Waals surface area contributed by atoms with Crippen LogP contribution in [0, 0.1) is 0 Å². The number of nitrogens with two attached hydrogens (primary N) is 1. The van der Waals surface area contributed by atoms with Crippen molar-refractivity contribution < 1.29 is 19.5 Å². The molecule has 0 radical (unpaired) electrons. The van der Waals surface area contributed by atoms with Crippen molar-refractivity contribution in [1.29, 1.82) is 0 Å². The summed E-state index contributed by atoms with van der Waals surface area (Å²) in [7, 11) is 0. The van der Waals surface area contributed by atoms with Crippen molar-refractivity contribution in [3.05, 3.63) is 29.8 Å². The fourth-order valence-electron chi connectivity index (χ4n) is 1.13. The normalized spacial score (nSPS) is 11.4. The Hall–Kier alpha value is -2.57. The van der Waals surface area contributed by atoms with Crippen LogP contribution in [0.5, 0.6) is 0 Å². The molecular formula is C11H13N3O4. The third-order valence-corrected chi connectivity index (χ3v) is 2.16. The second-order valence-electron chi connectivity index (χ2n) is 3.61. The Labute approximate surface area is 103 Å². The van der Waals surface area contributed by atoms with E-state index in [0.717, 1.165) is 0 Å². The van der Waals surface area contributed by atoms with Crippen molar-refractivity contribution in [1.82, 2.24) is 5.32 Å². The molecule has 96 valence electrons. The molecule has 5 N–H and O–H groups in total. The fourth-order valence-corrected chi connectivity index (χ4v) is 1.13. The lowest BCUT2D eigenvalue weighted by Gasteiger charge is -2.11. The van der Waals surface area contributed by atoms with Gasteiger partial charge in [-0.1, -0.05) is 0 Å². The number of aromatic carboxylic acids is 1. The highest BCUT2D eigenvalue weighted by molar-refractivity contribution is 5.94. The summed E-state index contributed by atoms with van der Waals surface area (Å²) in [4.78, 5) is 32.7. The predicted octanol–water partition coefficient (Wildman–Crippen LogP) is 0.380. The summed E-state index contributed by atoms with van der Waals surface area (Å²) in [6.07, 6.45) is 0. The fraction of sp³-hybridized carbons (Fsp3) is 0.182. The minimum absolute atomic E-state index is 0.117. The molecule has 0 aromatic heterocycles. The van der Waals surface area contributed by atoms with Gasteiger partial charge in [-0.3, -0.25) is 4.79 Å². The number of benzene rings is 1. The van der Waals surface area contributed by atoms with Crippen LogP contribution in [0.15, 0.2) is 24.3 Å². The third-order valence-electron chi connectivity index (χ3n) is 2.16. The molecule has 0 saturated heterocycles. The third kappa shape index (κ3) is 3.78. The summed E-state index contributed by atoms with van der Waals surface area (Å²) < 4.78 is 0. The predicted molar refractivity (Wildman–Crippen MR) is 64.2 cm³/mol. The zero-order valence-electron chi connectivity index (χ0n) is 9.64. The van der Waals surface area contributed by atoms with E-state index >= 15 is 0 Å². The van der Waals surface area contributed by atoms with Crippen LogP contribution in [-0.2, 0) is 4.79 Å². The molecule has 1 rings (SSSR count). The van der Waals surface area contributed by atoms with Gasteiger partial charge in [-0.2, -0.15) is 0 Å². The maximum Gasteiger partial charge on any atom is 0.335 e. The molecule has 3 amide bonds. The molecule has 1 aromatic rings. The van der Waals surface area contributed by atoms with E-state index in [9.17, 15) is 14.4 Å². The number of anilines is 1. The SMILES string of the molecule is CC(NC(=O)Nc1ccc(C(=O)O)cc1)C(N)=O. The molecule has 1 aromatic carbocycles. The monoisotopic (exact) mass is 251 g/mol. The summed E-state index contributed by atoms with van der Waals surface area (Å²) in [6, 6.07) is 4.22. The number of hydrogen-bond acceptors (Lipinski definition) is 3. The van der Waals surface area contributed by atoms with E-state index in [1.165, 1.54) is 31.2 Å². The number of nitrogens with one attached hydrogen (secondary N) is 2. The van der Waals surface area contributed by atoms with Crippen LogP contribution >= 0.6 is 0 Å². The van der Waals surface area contributed by atoms with Crippen molar-refractivity contribution in [2.45, 2.75) is 13.0 Å². The molecule has 1 atom stereocenters. The number of rotatable bonds is 4. The Morgan fingerprint density at radius 1 is 1.22 bits per heavy atom. The molecule has 0 bridgehead atoms. The van der Waals surface area contributed by atoms with Crippen LogP contribution in [0.2, 0.25) is 0 Å². The molecular weight excluding hydrogens is 238 g/mol. The van der Waals surface area contributed by atoms with Crippen LogP contribution in [0.25, 0.3) is 0 Å². The first-order valence-corrected chi connectivity index (χ1v) is 5.10. The van der Waals surface area contributed by atoms with E-state index in [-0.39, 0.29) is 5.56 Å². The van der Waals surface area contributed by atoms with Gasteiger partial charge in [0.25, 0.3) is 0 Å². The first-order chi connectivity index (χ1) is 8.40. The highest BCUT2D eigenvalue weighted by Crippen LogP contribution is 2.09. The zero-order valence-corrected chi connectivity index (χ0v) is 9.64. The first-order valence-electron chi connectivity index (χ1n) is 5.10. The maximum absolute atomic E-state index is 11.4. The number of urea groups is 1. The Morgan fingerprint density at radius 2 is 1.78 bits per heavy atom. The van der Waals surface area contributed by atoms with E-state index in [2.05, 4.69) is 10.6 Å². The zero-order chi connectivity index (χ0) is 13.7. The standard InChI is InChI=1S/C11H13N3O4/c1-6(9(12)15)13-11(18)14-8-4-2-7(3-5-8)10(16)17/h2-6H,1H3,(H2,12,15)(H,16,17)(H2,13,14,18). The Kier molecular flexibility index (Phi) is 4.25. The van der Waals surface area contributed by atoms with Crippen LogP contribution < -0.4 is 16.4 Å². The molecule has 0 spiro atoms. The molecule has 0 aliphatic carbocycles. The molecule has 0 saturated carbocycles. The number of amides is 3. The molecule has 7 nitrogen and oxygen atoms in total. The number of carboxylic acids is 1. The molecule has 0 fully saturated rings. The summed E-state index contributed by atoms with van der Waals surface area (Å²) in [5, 5.41) is 13.5. The minimum Gasteiger partial charge on any atom is -0.478 e. The second-order valence-corrected chi connectivity index (χ2v) is 3.61. The summed E-state index contributed by atoms with van der Waals surface area (Å²) in [5.74, 6) is -1.69. The number of carboxylic acid groups (broad SMARTS) is 1. The molecule has 1 unspecified atom stereocenters. The lowest BCUT2D eigenvalue weighted by atomic mass is 10.2. The Balaban J connectivity index is 2.60. The minimum atomic E-state index is -1.05. The highest BCUT2D eigenvalue weighted by Gasteiger charge is 2.12. The lowest BCUT2D eigenvalue weighted by Crippen LogP contribution is -2.44. The van der Waals surface area contributed by atoms with Crippen molar-refractivity contribution in [3.63, 3.8) is 0 Å². The van der Waals surface area contributed by atoms with E-state index in [4.69, 9.17) is 10.8 Å². The van der Waals surface area contributed by atoms with Crippen molar-refractivity contribution in [2.24, 2.45) is 5.73 Å². The van der Waals surface area contributed by atoms with Gasteiger partial charge in [-0.25, -0.2) is 9.59 Å². The van der Waals surface area contributed by atoms with Gasteiger partial charge >= 0.3 is 12.0 Å². The first kappa shape index (κ1) is 13.5. The van der Waals surface area contributed by atoms with E-state index < -0.39 is 23.9 Å². The van der Waals surface area contributed by atoms with Crippen molar-refractivity contribution >= 4 is 23.6 Å². The average Bonchev–Trinajstić information content (AvgIpc) is 2.29. The van der Waals surface area contributed by atoms with Crippen LogP contribution in [-0.4, -0.2) is 29.1 Å². The van der Waals surface area contributed by atoms with Gasteiger partial charge in [-0.15, -0.1) is 0 Å². The molecule has 0 aliphatic rings. The van der Waals surface area contributed by atoms with Gasteiger partial charge in [0.15, 0.2) is 0 Å². The topological polar surface area (TPSA) is 122 Å². The lowest BCUT2D eigenvalue weighted by molar-refractivity contribution is -0.119. The van der Waals surface area contributed by atoms with Crippen molar-refractivity contribution in [2.75, 3.05) is 5.32 Å². The highest BCUT2D eigenvalue weighted by atomic mass is 16.4. The Morgan fingerprint density at radius 3 is 2.22 bits per heavy atom. The quantitative estimate of drug-likeness (QED) is 0.617. The smallest absolute Gasteiger partial charge is 0.335 e. The van der Waals surface area contributed by atoms with Gasteiger partial charge in [0.05, 0.1) is 5.56 Å². The van der Waals surface area contributed by atoms with Gasteiger partial charge in [0.1, 0.15) is 6.04 Å². The number of hydrogen-bond donors (Lipinski definition) is 4. The van der Waals surface area contributed by atoms with Crippen LogP contribution in [0.1, 0.15) is 17.3 Å². The average molecular weight is 251 g/mol. The van der Waals surface area contributed by atoms with Gasteiger partial charge in [-0.05, 0) is 31.2 Å². The molecule has 18 heavy (non-hydrogen) atoms. The number of carbonyl (C=O) groups is 3. The second kappa shape index (κ2) is 5.67. The van der Waals surface area contributed by atoms with Gasteiger partial charge in [0, 0.05) is 5.69 Å².